The molecule has 7 nitrogen and oxygen atoms in total. The van der Waals surface area contributed by atoms with Gasteiger partial charge in [0.15, 0.2) is 0 Å². The van der Waals surface area contributed by atoms with Crippen LogP contribution in [-0.2, 0) is 19.6 Å². The first kappa shape index (κ1) is 17.9. The Morgan fingerprint density at radius 1 is 1.11 bits per heavy atom. The van der Waals surface area contributed by atoms with Crippen LogP contribution in [0.3, 0.4) is 0 Å². The van der Waals surface area contributed by atoms with Crippen LogP contribution < -0.4 is 5.32 Å². The molecule has 4 rings (SSSR count). The van der Waals surface area contributed by atoms with Crippen molar-refractivity contribution in [2.45, 2.75) is 43.2 Å². The SMILES string of the molecule is CC(=O)Nc1ccc(S(=O)(=O)N2C3CCC2C(C(=O)O)C3)c2ccccc12. The molecule has 2 bridgehead atoms. The first-order valence-corrected chi connectivity index (χ1v) is 10.3. The number of fused-ring (bicyclic) bond motifs is 3. The Balaban J connectivity index is 1.83. The number of aliphatic carboxylic acids is 1. The number of anilines is 1. The van der Waals surface area contributed by atoms with E-state index >= 15 is 0 Å². The maximum atomic E-state index is 13.5. The molecule has 2 heterocycles. The van der Waals surface area contributed by atoms with E-state index < -0.39 is 28.0 Å². The third-order valence-corrected chi connectivity index (χ3v) is 7.58. The lowest BCUT2D eigenvalue weighted by Gasteiger charge is -2.23. The molecule has 2 aliphatic heterocycles. The molecule has 2 aliphatic rings. The summed E-state index contributed by atoms with van der Waals surface area (Å²) in [7, 11) is -3.86. The van der Waals surface area contributed by atoms with Crippen LogP contribution in [0, 0.1) is 5.92 Å². The summed E-state index contributed by atoms with van der Waals surface area (Å²) in [5.41, 5.74) is 0.546. The van der Waals surface area contributed by atoms with Gasteiger partial charge in [0.2, 0.25) is 15.9 Å². The van der Waals surface area contributed by atoms with Gasteiger partial charge in [0.1, 0.15) is 0 Å². The number of nitrogens with one attached hydrogen (secondary N) is 1. The minimum atomic E-state index is -3.86. The first-order valence-electron chi connectivity index (χ1n) is 8.86. The number of carbonyl (C=O) groups is 2. The molecule has 0 aromatic heterocycles. The smallest absolute Gasteiger partial charge is 0.308 e. The Labute approximate surface area is 157 Å². The van der Waals surface area contributed by atoms with Crippen LogP contribution in [0.25, 0.3) is 10.8 Å². The third kappa shape index (κ3) is 2.80. The van der Waals surface area contributed by atoms with Gasteiger partial charge in [-0.1, -0.05) is 24.3 Å². The van der Waals surface area contributed by atoms with Crippen molar-refractivity contribution in [1.82, 2.24) is 4.31 Å². The molecule has 0 radical (unpaired) electrons. The second kappa shape index (κ2) is 6.31. The van der Waals surface area contributed by atoms with Gasteiger partial charge in [-0.3, -0.25) is 9.59 Å². The molecule has 2 aromatic rings. The van der Waals surface area contributed by atoms with Crippen LogP contribution in [0.4, 0.5) is 5.69 Å². The van der Waals surface area contributed by atoms with E-state index in [1.54, 1.807) is 30.3 Å². The van der Waals surface area contributed by atoms with Crippen LogP contribution in [0.15, 0.2) is 41.3 Å². The van der Waals surface area contributed by atoms with Crippen molar-refractivity contribution in [3.05, 3.63) is 36.4 Å². The average Bonchev–Trinajstić information content (AvgIpc) is 3.20. The molecule has 27 heavy (non-hydrogen) atoms. The van der Waals surface area contributed by atoms with Gasteiger partial charge in [-0.25, -0.2) is 8.42 Å². The molecule has 0 aliphatic carbocycles. The number of hydrogen-bond donors (Lipinski definition) is 2. The van der Waals surface area contributed by atoms with E-state index in [0.29, 0.717) is 35.7 Å². The number of carboxylic acid groups (broad SMARTS) is 1. The van der Waals surface area contributed by atoms with Crippen LogP contribution in [-0.4, -0.2) is 41.8 Å². The second-order valence-corrected chi connectivity index (χ2v) is 8.96. The van der Waals surface area contributed by atoms with Crippen molar-refractivity contribution in [2.75, 3.05) is 5.32 Å². The normalized spacial score (nSPS) is 25.0. The van der Waals surface area contributed by atoms with Crippen molar-refractivity contribution in [3.63, 3.8) is 0 Å². The molecule has 0 spiro atoms. The fourth-order valence-electron chi connectivity index (χ4n) is 4.49. The van der Waals surface area contributed by atoms with E-state index in [2.05, 4.69) is 5.32 Å². The van der Waals surface area contributed by atoms with E-state index in [1.165, 1.54) is 17.3 Å². The number of carbonyl (C=O) groups excluding carboxylic acids is 1. The van der Waals surface area contributed by atoms with Crippen molar-refractivity contribution in [2.24, 2.45) is 5.92 Å². The highest BCUT2D eigenvalue weighted by molar-refractivity contribution is 7.89. The van der Waals surface area contributed by atoms with Gasteiger partial charge in [-0.05, 0) is 31.4 Å². The number of carboxylic acids is 1. The number of amides is 1. The van der Waals surface area contributed by atoms with Gasteiger partial charge in [-0.2, -0.15) is 4.31 Å². The minimum absolute atomic E-state index is 0.148. The highest BCUT2D eigenvalue weighted by Gasteiger charge is 2.54. The van der Waals surface area contributed by atoms with Gasteiger partial charge in [0.25, 0.3) is 0 Å². The van der Waals surface area contributed by atoms with Crippen LogP contribution in [0.5, 0.6) is 0 Å². The zero-order chi connectivity index (χ0) is 19.3. The number of rotatable bonds is 4. The fraction of sp³-hybridized carbons (Fsp3) is 0.368. The van der Waals surface area contributed by atoms with Gasteiger partial charge in [0, 0.05) is 35.5 Å². The molecule has 2 aromatic carbocycles. The lowest BCUT2D eigenvalue weighted by Crippen LogP contribution is -2.37. The minimum Gasteiger partial charge on any atom is -0.481 e. The standard InChI is InChI=1S/C19H20N2O5S/c1-11(22)20-16-7-9-18(14-5-3-2-4-13(14)16)27(25,26)21-12-6-8-17(21)15(10-12)19(23)24/h2-5,7,9,12,15,17H,6,8,10H2,1H3,(H,20,22)(H,23,24). The molecule has 1 amide bonds. The monoisotopic (exact) mass is 388 g/mol. The van der Waals surface area contributed by atoms with Crippen molar-refractivity contribution >= 4 is 38.4 Å². The Morgan fingerprint density at radius 2 is 1.81 bits per heavy atom. The highest BCUT2D eigenvalue weighted by atomic mass is 32.2. The third-order valence-electron chi connectivity index (χ3n) is 5.54. The summed E-state index contributed by atoms with van der Waals surface area (Å²) in [4.78, 5) is 23.1. The van der Waals surface area contributed by atoms with E-state index in [0.717, 1.165) is 0 Å². The molecule has 142 valence electrons. The van der Waals surface area contributed by atoms with E-state index in [4.69, 9.17) is 0 Å². The molecule has 8 heteroatoms. The molecule has 0 saturated carbocycles. The number of benzene rings is 2. The zero-order valence-corrected chi connectivity index (χ0v) is 15.6. The van der Waals surface area contributed by atoms with E-state index in [1.807, 2.05) is 0 Å². The fourth-order valence-corrected chi connectivity index (χ4v) is 6.60. The summed E-state index contributed by atoms with van der Waals surface area (Å²) in [5, 5.41) is 13.3. The van der Waals surface area contributed by atoms with Crippen molar-refractivity contribution < 1.29 is 23.1 Å². The quantitative estimate of drug-likeness (QED) is 0.837. The first-order chi connectivity index (χ1) is 12.8. The van der Waals surface area contributed by atoms with Crippen molar-refractivity contribution in [3.8, 4) is 0 Å². The second-order valence-electron chi connectivity index (χ2n) is 7.15. The molecule has 2 saturated heterocycles. The van der Waals surface area contributed by atoms with Gasteiger partial charge in [0.05, 0.1) is 10.8 Å². The van der Waals surface area contributed by atoms with Crippen molar-refractivity contribution in [1.29, 1.82) is 0 Å². The van der Waals surface area contributed by atoms with Gasteiger partial charge < -0.3 is 10.4 Å². The lowest BCUT2D eigenvalue weighted by molar-refractivity contribution is -0.142. The van der Waals surface area contributed by atoms with E-state index in [-0.39, 0.29) is 16.8 Å². The highest BCUT2D eigenvalue weighted by Crippen LogP contribution is 2.46. The molecular weight excluding hydrogens is 368 g/mol. The topological polar surface area (TPSA) is 104 Å². The maximum absolute atomic E-state index is 13.5. The van der Waals surface area contributed by atoms with Crippen LogP contribution in [0.1, 0.15) is 26.2 Å². The lowest BCUT2D eigenvalue weighted by atomic mass is 9.89. The molecule has 2 N–H and O–H groups in total. The summed E-state index contributed by atoms with van der Waals surface area (Å²) in [6.07, 6.45) is 1.62. The Bertz CT molecular complexity index is 1050. The summed E-state index contributed by atoms with van der Waals surface area (Å²) >= 11 is 0. The summed E-state index contributed by atoms with van der Waals surface area (Å²) < 4.78 is 28.3. The Morgan fingerprint density at radius 3 is 2.44 bits per heavy atom. The number of hydrogen-bond acceptors (Lipinski definition) is 4. The molecule has 3 atom stereocenters. The predicted molar refractivity (Wildman–Crippen MR) is 99.8 cm³/mol. The Kier molecular flexibility index (Phi) is 4.20. The largest absolute Gasteiger partial charge is 0.481 e. The number of sulfonamides is 1. The maximum Gasteiger partial charge on any atom is 0.308 e. The van der Waals surface area contributed by atoms with Gasteiger partial charge >= 0.3 is 5.97 Å². The predicted octanol–water partition coefficient (Wildman–Crippen LogP) is 2.42. The average molecular weight is 388 g/mol. The summed E-state index contributed by atoms with van der Waals surface area (Å²) in [5.74, 6) is -1.82. The van der Waals surface area contributed by atoms with Crippen LogP contribution >= 0.6 is 0 Å². The van der Waals surface area contributed by atoms with Gasteiger partial charge in [-0.15, -0.1) is 0 Å². The number of nitrogens with zero attached hydrogens (tertiary/aromatic N) is 1. The van der Waals surface area contributed by atoms with E-state index in [9.17, 15) is 23.1 Å². The molecular formula is C19H20N2O5S. The Hall–Kier alpha value is -2.45. The zero-order valence-electron chi connectivity index (χ0n) is 14.8. The molecule has 3 unspecified atom stereocenters. The van der Waals surface area contributed by atoms with Crippen LogP contribution in [0.2, 0.25) is 0 Å². The molecule has 2 fully saturated rings. The summed E-state index contributed by atoms with van der Waals surface area (Å²) in [6.45, 7) is 1.40. The summed E-state index contributed by atoms with van der Waals surface area (Å²) in [6, 6.07) is 9.32.